The Balaban J connectivity index is 1.73. The molecule has 0 radical (unpaired) electrons. The monoisotopic (exact) mass is 286 g/mol. The summed E-state index contributed by atoms with van der Waals surface area (Å²) < 4.78 is 5.52. The molecule has 0 aromatic heterocycles. The predicted octanol–water partition coefficient (Wildman–Crippen LogP) is 1.26. The molecule has 3 rings (SSSR count). The third-order valence-electron chi connectivity index (χ3n) is 3.64. The van der Waals surface area contributed by atoms with E-state index in [9.17, 15) is 9.90 Å². The van der Waals surface area contributed by atoms with Crippen LogP contribution in [0.4, 0.5) is 0 Å². The van der Waals surface area contributed by atoms with Gasteiger partial charge in [0.15, 0.2) is 0 Å². The molecule has 2 aromatic carbocycles. The van der Waals surface area contributed by atoms with Gasteiger partial charge in [-0.25, -0.2) is 0 Å². The molecule has 21 heavy (non-hydrogen) atoms. The number of aromatic hydroxyl groups is 1. The van der Waals surface area contributed by atoms with Gasteiger partial charge in [-0.05, 0) is 11.5 Å². The van der Waals surface area contributed by atoms with Crippen molar-refractivity contribution in [1.82, 2.24) is 10.6 Å². The number of rotatable bonds is 3. The van der Waals surface area contributed by atoms with Crippen LogP contribution in [0.5, 0.6) is 5.75 Å². The SMILES string of the molecule is O=C(NCC1CNCCO1)c1ccc2ccccc2c1O. The van der Waals surface area contributed by atoms with Crippen LogP contribution in [0.1, 0.15) is 10.4 Å². The zero-order chi connectivity index (χ0) is 14.7. The van der Waals surface area contributed by atoms with Crippen molar-refractivity contribution in [3.8, 4) is 5.75 Å². The molecule has 0 bridgehead atoms. The van der Waals surface area contributed by atoms with Crippen molar-refractivity contribution in [2.24, 2.45) is 0 Å². The molecule has 3 N–H and O–H groups in total. The number of amides is 1. The van der Waals surface area contributed by atoms with E-state index in [-0.39, 0.29) is 23.3 Å². The summed E-state index contributed by atoms with van der Waals surface area (Å²) in [4.78, 5) is 12.2. The number of nitrogens with one attached hydrogen (secondary N) is 2. The third kappa shape index (κ3) is 2.99. The van der Waals surface area contributed by atoms with Crippen molar-refractivity contribution in [1.29, 1.82) is 0 Å². The zero-order valence-corrected chi connectivity index (χ0v) is 11.6. The van der Waals surface area contributed by atoms with Crippen LogP contribution >= 0.6 is 0 Å². The lowest BCUT2D eigenvalue weighted by atomic mass is 10.0. The Bertz CT molecular complexity index is 651. The molecule has 110 valence electrons. The number of fused-ring (bicyclic) bond motifs is 1. The Hall–Kier alpha value is -2.11. The average molecular weight is 286 g/mol. The molecule has 0 saturated carbocycles. The number of ether oxygens (including phenoxy) is 1. The maximum atomic E-state index is 12.2. The second-order valence-corrected chi connectivity index (χ2v) is 5.09. The minimum atomic E-state index is -0.285. The van der Waals surface area contributed by atoms with E-state index in [0.29, 0.717) is 18.5 Å². The fraction of sp³-hybridized carbons (Fsp3) is 0.312. The largest absolute Gasteiger partial charge is 0.506 e. The quantitative estimate of drug-likeness (QED) is 0.794. The van der Waals surface area contributed by atoms with Crippen LogP contribution in [0.2, 0.25) is 0 Å². The molecule has 1 amide bonds. The fourth-order valence-corrected chi connectivity index (χ4v) is 2.49. The molecular formula is C16H18N2O3. The van der Waals surface area contributed by atoms with Gasteiger partial charge in [-0.2, -0.15) is 0 Å². The lowest BCUT2D eigenvalue weighted by Gasteiger charge is -2.23. The van der Waals surface area contributed by atoms with Crippen LogP contribution in [0.15, 0.2) is 36.4 Å². The Morgan fingerprint density at radius 1 is 1.33 bits per heavy atom. The Morgan fingerprint density at radius 3 is 3.00 bits per heavy atom. The summed E-state index contributed by atoms with van der Waals surface area (Å²) in [5, 5.41) is 17.9. The Kier molecular flexibility index (Phi) is 4.03. The minimum absolute atomic E-state index is 0.0216. The van der Waals surface area contributed by atoms with Crippen molar-refractivity contribution < 1.29 is 14.6 Å². The summed E-state index contributed by atoms with van der Waals surface area (Å²) in [6.07, 6.45) is -0.0229. The molecule has 2 aromatic rings. The number of morpholine rings is 1. The first kappa shape index (κ1) is 13.9. The second kappa shape index (κ2) is 6.11. The summed E-state index contributed by atoms with van der Waals surface area (Å²) >= 11 is 0. The molecule has 1 aliphatic rings. The van der Waals surface area contributed by atoms with E-state index in [2.05, 4.69) is 10.6 Å². The molecule has 1 aliphatic heterocycles. The molecule has 0 spiro atoms. The number of hydrogen-bond donors (Lipinski definition) is 3. The first-order valence-corrected chi connectivity index (χ1v) is 7.07. The van der Waals surface area contributed by atoms with Crippen molar-refractivity contribution in [2.75, 3.05) is 26.2 Å². The highest BCUT2D eigenvalue weighted by molar-refractivity contribution is 6.03. The molecule has 5 heteroatoms. The lowest BCUT2D eigenvalue weighted by molar-refractivity contribution is 0.0287. The van der Waals surface area contributed by atoms with Gasteiger partial charge in [0, 0.05) is 25.0 Å². The maximum absolute atomic E-state index is 12.2. The maximum Gasteiger partial charge on any atom is 0.255 e. The molecule has 1 heterocycles. The van der Waals surface area contributed by atoms with Crippen molar-refractivity contribution in [3.63, 3.8) is 0 Å². The number of carbonyl (C=O) groups is 1. The number of hydrogen-bond acceptors (Lipinski definition) is 4. The van der Waals surface area contributed by atoms with Crippen LogP contribution in [0, 0.1) is 0 Å². The Labute approximate surface area is 122 Å². The highest BCUT2D eigenvalue weighted by atomic mass is 16.5. The van der Waals surface area contributed by atoms with E-state index in [1.54, 1.807) is 12.1 Å². The number of carbonyl (C=O) groups excluding carboxylic acids is 1. The van der Waals surface area contributed by atoms with Gasteiger partial charge >= 0.3 is 0 Å². The van der Waals surface area contributed by atoms with Crippen LogP contribution in [-0.2, 0) is 4.74 Å². The number of phenols is 1. The van der Waals surface area contributed by atoms with E-state index >= 15 is 0 Å². The smallest absolute Gasteiger partial charge is 0.255 e. The topological polar surface area (TPSA) is 70.6 Å². The number of benzene rings is 2. The van der Waals surface area contributed by atoms with Gasteiger partial charge in [-0.1, -0.05) is 30.3 Å². The van der Waals surface area contributed by atoms with Crippen LogP contribution in [-0.4, -0.2) is 43.4 Å². The molecule has 1 unspecified atom stereocenters. The Morgan fingerprint density at radius 2 is 2.19 bits per heavy atom. The molecule has 1 saturated heterocycles. The van der Waals surface area contributed by atoms with Gasteiger partial charge in [0.05, 0.1) is 18.3 Å². The van der Waals surface area contributed by atoms with Crippen molar-refractivity contribution in [2.45, 2.75) is 6.10 Å². The summed E-state index contributed by atoms with van der Waals surface area (Å²) in [5.74, 6) is -0.263. The van der Waals surface area contributed by atoms with Gasteiger partial charge in [0.2, 0.25) is 0 Å². The molecular weight excluding hydrogens is 268 g/mol. The van der Waals surface area contributed by atoms with Crippen LogP contribution in [0.25, 0.3) is 10.8 Å². The normalized spacial score (nSPS) is 18.6. The van der Waals surface area contributed by atoms with Gasteiger partial charge in [0.1, 0.15) is 5.75 Å². The van der Waals surface area contributed by atoms with E-state index in [1.165, 1.54) is 0 Å². The second-order valence-electron chi connectivity index (χ2n) is 5.09. The highest BCUT2D eigenvalue weighted by Crippen LogP contribution is 2.28. The van der Waals surface area contributed by atoms with Crippen LogP contribution in [0.3, 0.4) is 0 Å². The summed E-state index contributed by atoms with van der Waals surface area (Å²) in [6, 6.07) is 10.9. The standard InChI is InChI=1S/C16H18N2O3/c19-15-13-4-2-1-3-11(13)5-6-14(15)16(20)18-10-12-9-17-7-8-21-12/h1-6,12,17,19H,7-10H2,(H,18,20). The van der Waals surface area contributed by atoms with E-state index < -0.39 is 0 Å². The minimum Gasteiger partial charge on any atom is -0.506 e. The first-order valence-electron chi connectivity index (χ1n) is 7.07. The summed E-state index contributed by atoms with van der Waals surface area (Å²) in [5.41, 5.74) is 0.289. The first-order chi connectivity index (χ1) is 10.3. The molecule has 5 nitrogen and oxygen atoms in total. The highest BCUT2D eigenvalue weighted by Gasteiger charge is 2.17. The third-order valence-corrected chi connectivity index (χ3v) is 3.64. The number of phenolic OH excluding ortho intramolecular Hbond substituents is 1. The molecule has 1 fully saturated rings. The predicted molar refractivity (Wildman–Crippen MR) is 80.6 cm³/mol. The van der Waals surface area contributed by atoms with Crippen molar-refractivity contribution in [3.05, 3.63) is 42.0 Å². The fourth-order valence-electron chi connectivity index (χ4n) is 2.49. The van der Waals surface area contributed by atoms with Gasteiger partial charge < -0.3 is 20.5 Å². The lowest BCUT2D eigenvalue weighted by Crippen LogP contribution is -2.45. The molecule has 1 atom stereocenters. The van der Waals surface area contributed by atoms with E-state index in [1.807, 2.05) is 24.3 Å². The van der Waals surface area contributed by atoms with Gasteiger partial charge in [-0.3, -0.25) is 4.79 Å². The van der Waals surface area contributed by atoms with Crippen LogP contribution < -0.4 is 10.6 Å². The van der Waals surface area contributed by atoms with E-state index in [0.717, 1.165) is 18.5 Å². The van der Waals surface area contributed by atoms with Gasteiger partial charge in [0.25, 0.3) is 5.91 Å². The zero-order valence-electron chi connectivity index (χ0n) is 11.6. The average Bonchev–Trinajstić information content (AvgIpc) is 2.54. The molecule has 0 aliphatic carbocycles. The summed E-state index contributed by atoms with van der Waals surface area (Å²) in [6.45, 7) is 2.65. The van der Waals surface area contributed by atoms with Crippen molar-refractivity contribution >= 4 is 16.7 Å². The van der Waals surface area contributed by atoms with Gasteiger partial charge in [-0.15, -0.1) is 0 Å². The van der Waals surface area contributed by atoms with E-state index in [4.69, 9.17) is 4.74 Å². The summed E-state index contributed by atoms with van der Waals surface area (Å²) in [7, 11) is 0.